The van der Waals surface area contributed by atoms with E-state index in [1.54, 1.807) is 41.5 Å². The van der Waals surface area contributed by atoms with Crippen LogP contribution < -0.4 is 5.48 Å². The second kappa shape index (κ2) is 10.1. The van der Waals surface area contributed by atoms with Crippen LogP contribution in [-0.4, -0.2) is 99.7 Å². The molecule has 0 aromatic carbocycles. The first kappa shape index (κ1) is 28.7. The van der Waals surface area contributed by atoms with Crippen molar-refractivity contribution in [2.75, 3.05) is 13.1 Å². The van der Waals surface area contributed by atoms with Crippen molar-refractivity contribution in [3.63, 3.8) is 0 Å². The summed E-state index contributed by atoms with van der Waals surface area (Å²) in [5, 5.41) is 2.46. The van der Waals surface area contributed by atoms with Crippen LogP contribution in [0.3, 0.4) is 0 Å². The van der Waals surface area contributed by atoms with Gasteiger partial charge in [-0.3, -0.25) is 9.35 Å². The van der Waals surface area contributed by atoms with Crippen molar-refractivity contribution in [2.24, 2.45) is 0 Å². The highest BCUT2D eigenvalue weighted by atomic mass is 32.3. The maximum atomic E-state index is 12.9. The standard InChI is InChI=1S/C20H33N5O11S/c1-19(2,3)33-17(28)23-10-9-14(24(23)18(29)34-20(4,5)6)35-21-15(26)13-8-7-12-11-22(13)16(27)25(12)36-37(30,31)32/h12-14H,7-11H2,1-6H3,(H,21,26)(H,30,31,32)/t12-,13+,14?/m1/s1. The molecule has 0 aliphatic carbocycles. The Morgan fingerprint density at radius 1 is 0.973 bits per heavy atom. The molecule has 3 aliphatic heterocycles. The van der Waals surface area contributed by atoms with Crippen LogP contribution in [0, 0.1) is 0 Å². The van der Waals surface area contributed by atoms with Crippen LogP contribution in [0.15, 0.2) is 0 Å². The summed E-state index contributed by atoms with van der Waals surface area (Å²) in [5.74, 6) is -0.736. The van der Waals surface area contributed by atoms with Gasteiger partial charge in [0.1, 0.15) is 17.2 Å². The first-order valence-corrected chi connectivity index (χ1v) is 13.0. The Hall–Kier alpha value is -2.89. The predicted octanol–water partition coefficient (Wildman–Crippen LogP) is 1.16. The average Bonchev–Trinajstić information content (AvgIpc) is 3.24. The summed E-state index contributed by atoms with van der Waals surface area (Å²) in [5.41, 5.74) is 0.502. The molecular weight excluding hydrogens is 518 g/mol. The number of rotatable bonds is 5. The fourth-order valence-corrected chi connectivity index (χ4v) is 4.43. The van der Waals surface area contributed by atoms with Crippen LogP contribution in [0.25, 0.3) is 0 Å². The highest BCUT2D eigenvalue weighted by Crippen LogP contribution is 2.31. The smallest absolute Gasteiger partial charge is 0.432 e. The summed E-state index contributed by atoms with van der Waals surface area (Å²) >= 11 is 0. The second-order valence-corrected chi connectivity index (χ2v) is 11.8. The third kappa shape index (κ3) is 7.12. The average molecular weight is 552 g/mol. The first-order chi connectivity index (χ1) is 16.9. The molecule has 1 unspecified atom stereocenters. The zero-order valence-electron chi connectivity index (χ0n) is 21.5. The molecule has 0 aromatic rings. The molecule has 0 saturated carbocycles. The molecule has 2 bridgehead atoms. The maximum Gasteiger partial charge on any atom is 0.432 e. The molecule has 5 amide bonds. The second-order valence-electron chi connectivity index (χ2n) is 10.8. The SMILES string of the molecule is CC(C)(C)OC(=O)N1CCC(ONC(=O)[C@@H]2CC[C@@H]3CN2C(=O)N3OS(=O)(=O)O)N1C(=O)OC(C)(C)C. The minimum absolute atomic E-state index is 0.00762. The normalized spacial score (nSPS) is 24.4. The highest BCUT2D eigenvalue weighted by molar-refractivity contribution is 7.80. The van der Waals surface area contributed by atoms with E-state index in [-0.39, 0.29) is 32.4 Å². The molecule has 37 heavy (non-hydrogen) atoms. The van der Waals surface area contributed by atoms with Gasteiger partial charge in [-0.25, -0.2) is 29.7 Å². The fraction of sp³-hybridized carbons (Fsp3) is 0.800. The number of hydrazine groups is 1. The van der Waals surface area contributed by atoms with Crippen LogP contribution in [0.1, 0.15) is 60.8 Å². The van der Waals surface area contributed by atoms with Gasteiger partial charge in [-0.15, -0.1) is 4.28 Å². The predicted molar refractivity (Wildman–Crippen MR) is 122 cm³/mol. The Kier molecular flexibility index (Phi) is 7.84. The number of urea groups is 1. The van der Waals surface area contributed by atoms with Crippen LogP contribution in [0.4, 0.5) is 14.4 Å². The number of hydrogen-bond donors (Lipinski definition) is 2. The van der Waals surface area contributed by atoms with Gasteiger partial charge in [0.2, 0.25) is 0 Å². The van der Waals surface area contributed by atoms with E-state index in [1.807, 2.05) is 0 Å². The number of ether oxygens (including phenoxy) is 2. The van der Waals surface area contributed by atoms with Gasteiger partial charge < -0.3 is 14.4 Å². The van der Waals surface area contributed by atoms with E-state index in [9.17, 15) is 27.6 Å². The topological polar surface area (TPSA) is 185 Å². The third-order valence-electron chi connectivity index (χ3n) is 5.40. The molecule has 17 heteroatoms. The summed E-state index contributed by atoms with van der Waals surface area (Å²) in [7, 11) is -4.93. The zero-order chi connectivity index (χ0) is 27.9. The van der Waals surface area contributed by atoms with Crippen LogP contribution in [0.5, 0.6) is 0 Å². The highest BCUT2D eigenvalue weighted by Gasteiger charge is 2.50. The van der Waals surface area contributed by atoms with Gasteiger partial charge in [0.05, 0.1) is 12.6 Å². The van der Waals surface area contributed by atoms with Crippen molar-refractivity contribution < 1.29 is 50.7 Å². The number of hydrogen-bond acceptors (Lipinski definition) is 10. The van der Waals surface area contributed by atoms with Gasteiger partial charge in [-0.05, 0) is 54.4 Å². The van der Waals surface area contributed by atoms with Crippen molar-refractivity contribution in [1.82, 2.24) is 25.5 Å². The summed E-state index contributed by atoms with van der Waals surface area (Å²) in [6, 6.07) is -2.61. The lowest BCUT2D eigenvalue weighted by Gasteiger charge is -2.34. The molecule has 3 saturated heterocycles. The van der Waals surface area contributed by atoms with Crippen LogP contribution >= 0.6 is 0 Å². The van der Waals surface area contributed by atoms with Crippen molar-refractivity contribution in [3.05, 3.63) is 0 Å². The number of carbonyl (C=O) groups excluding carboxylic acids is 4. The van der Waals surface area contributed by atoms with Gasteiger partial charge in [0, 0.05) is 13.0 Å². The fourth-order valence-electron chi connectivity index (χ4n) is 4.04. The molecule has 2 N–H and O–H groups in total. The maximum absolute atomic E-state index is 12.9. The van der Waals surface area contributed by atoms with Crippen molar-refractivity contribution in [1.29, 1.82) is 0 Å². The van der Waals surface area contributed by atoms with Crippen molar-refractivity contribution >= 4 is 34.5 Å². The quantitative estimate of drug-likeness (QED) is 0.369. The number of nitrogens with one attached hydrogen (secondary N) is 1. The molecule has 16 nitrogen and oxygen atoms in total. The van der Waals surface area contributed by atoms with E-state index < -0.39 is 64.0 Å². The molecular formula is C20H33N5O11S. The van der Waals surface area contributed by atoms with E-state index >= 15 is 0 Å². The van der Waals surface area contributed by atoms with Gasteiger partial charge >= 0.3 is 28.6 Å². The van der Waals surface area contributed by atoms with Gasteiger partial charge in [-0.1, -0.05) is 0 Å². The summed E-state index contributed by atoms with van der Waals surface area (Å²) in [4.78, 5) is 57.6. The van der Waals surface area contributed by atoms with E-state index in [2.05, 4.69) is 9.76 Å². The van der Waals surface area contributed by atoms with Gasteiger partial charge in [0.25, 0.3) is 5.91 Å². The van der Waals surface area contributed by atoms with E-state index in [0.717, 1.165) is 14.9 Å². The van der Waals surface area contributed by atoms with Gasteiger partial charge in [-0.2, -0.15) is 18.5 Å². The lowest BCUT2D eigenvalue weighted by atomic mass is 10.0. The van der Waals surface area contributed by atoms with E-state index in [4.69, 9.17) is 18.9 Å². The number of carbonyl (C=O) groups is 4. The van der Waals surface area contributed by atoms with Crippen molar-refractivity contribution in [3.8, 4) is 0 Å². The number of fused-ring (bicyclic) bond motifs is 2. The summed E-state index contributed by atoms with van der Waals surface area (Å²) < 4.78 is 46.1. The summed E-state index contributed by atoms with van der Waals surface area (Å²) in [6.07, 6.45) is -2.35. The Morgan fingerprint density at radius 2 is 1.57 bits per heavy atom. The minimum Gasteiger partial charge on any atom is -0.442 e. The van der Waals surface area contributed by atoms with Crippen LogP contribution in [0.2, 0.25) is 0 Å². The monoisotopic (exact) mass is 551 g/mol. The number of nitrogens with zero attached hydrogens (tertiary/aromatic N) is 4. The summed E-state index contributed by atoms with van der Waals surface area (Å²) in [6.45, 7) is 9.98. The third-order valence-corrected chi connectivity index (χ3v) is 5.75. The Bertz CT molecular complexity index is 1040. The lowest BCUT2D eigenvalue weighted by molar-refractivity contribution is -0.163. The molecule has 3 fully saturated rings. The Morgan fingerprint density at radius 3 is 2.14 bits per heavy atom. The number of hydroxylamine groups is 3. The molecule has 0 spiro atoms. The molecule has 3 heterocycles. The largest absolute Gasteiger partial charge is 0.442 e. The van der Waals surface area contributed by atoms with Gasteiger partial charge in [0.15, 0.2) is 6.23 Å². The van der Waals surface area contributed by atoms with Crippen LogP contribution in [-0.2, 0) is 33.8 Å². The molecule has 0 aromatic heterocycles. The Labute approximate surface area is 214 Å². The number of piperidine rings is 1. The number of amides is 5. The van der Waals surface area contributed by atoms with Crippen molar-refractivity contribution in [2.45, 2.75) is 90.3 Å². The molecule has 0 radical (unpaired) electrons. The minimum atomic E-state index is -4.93. The zero-order valence-corrected chi connectivity index (χ0v) is 22.3. The van der Waals surface area contributed by atoms with E-state index in [0.29, 0.717) is 5.06 Å². The first-order valence-electron chi connectivity index (χ1n) is 11.6. The lowest BCUT2D eigenvalue weighted by Crippen LogP contribution is -2.54. The molecule has 3 aliphatic rings. The molecule has 3 atom stereocenters. The molecule has 3 rings (SSSR count). The van der Waals surface area contributed by atoms with E-state index in [1.165, 1.54) is 0 Å². The molecule has 210 valence electrons. The Balaban J connectivity index is 1.68.